The molecule has 1 aromatic heterocycles. The van der Waals surface area contributed by atoms with Crippen LogP contribution in [0.2, 0.25) is 0 Å². The van der Waals surface area contributed by atoms with Gasteiger partial charge in [-0.1, -0.05) is 0 Å². The zero-order valence-electron chi connectivity index (χ0n) is 29.3. The molecular formula is C35H42N6O10S. The Morgan fingerprint density at radius 3 is 2.06 bits per heavy atom. The quantitative estimate of drug-likeness (QED) is 0.0257. The number of non-ortho nitro benzene ring substituents is 1. The Kier molecular flexibility index (Phi) is 13.0. The number of nitrogens with two attached hydrogens (primary N) is 1. The van der Waals surface area contributed by atoms with E-state index < -0.39 is 32.2 Å². The molecular weight excluding hydrogens is 696 g/mol. The number of nitrogens with zero attached hydrogens (tertiary/aromatic N) is 4. The number of nitrogens with one attached hydrogen (secondary N) is 1. The van der Waals surface area contributed by atoms with Crippen molar-refractivity contribution in [3.05, 3.63) is 98.8 Å². The summed E-state index contributed by atoms with van der Waals surface area (Å²) in [6, 6.07) is 16.3. The lowest BCUT2D eigenvalue weighted by Gasteiger charge is -2.28. The van der Waals surface area contributed by atoms with E-state index in [1.165, 1.54) is 65.3 Å². The minimum absolute atomic E-state index is 0.109. The number of nitro benzene ring substituents is 1. The maximum atomic E-state index is 13.6. The third-order valence-electron chi connectivity index (χ3n) is 7.98. The average molecular weight is 739 g/mol. The molecule has 0 fully saturated rings. The van der Waals surface area contributed by atoms with Crippen molar-refractivity contribution in [1.82, 2.24) is 9.78 Å². The Morgan fingerprint density at radius 2 is 1.50 bits per heavy atom. The number of benzene rings is 3. The van der Waals surface area contributed by atoms with Crippen LogP contribution in [0.4, 0.5) is 17.1 Å². The lowest BCUT2D eigenvalue weighted by atomic mass is 10.0. The first-order chi connectivity index (χ1) is 24.5. The largest absolute Gasteiger partial charge is 0.462 e. The molecule has 16 nitrogen and oxygen atoms in total. The van der Waals surface area contributed by atoms with Gasteiger partial charge < -0.3 is 19.9 Å². The van der Waals surface area contributed by atoms with E-state index in [0.717, 1.165) is 25.0 Å². The van der Waals surface area contributed by atoms with Gasteiger partial charge in [-0.3, -0.25) is 24.6 Å². The highest BCUT2D eigenvalue weighted by atomic mass is 32.2. The highest BCUT2D eigenvalue weighted by molar-refractivity contribution is 7.85. The maximum Gasteiger partial charge on any atom is 0.338 e. The lowest BCUT2D eigenvalue weighted by molar-refractivity contribution is -0.384. The fourth-order valence-corrected chi connectivity index (χ4v) is 5.45. The van der Waals surface area contributed by atoms with Gasteiger partial charge in [0.2, 0.25) is 0 Å². The van der Waals surface area contributed by atoms with E-state index in [0.29, 0.717) is 37.4 Å². The normalized spacial score (nSPS) is 12.3. The summed E-state index contributed by atoms with van der Waals surface area (Å²) in [5.41, 5.74) is 5.15. The third kappa shape index (κ3) is 11.0. The number of rotatable bonds is 18. The number of aromatic nitrogens is 2. The molecule has 4 aromatic rings. The van der Waals surface area contributed by atoms with Crippen LogP contribution >= 0.6 is 0 Å². The molecule has 0 saturated heterocycles. The molecule has 52 heavy (non-hydrogen) atoms. The van der Waals surface area contributed by atoms with Crippen LogP contribution in [-0.2, 0) is 24.3 Å². The zero-order valence-corrected chi connectivity index (χ0v) is 30.1. The molecule has 0 bridgehead atoms. The van der Waals surface area contributed by atoms with Crippen molar-refractivity contribution in [3.63, 3.8) is 0 Å². The molecule has 0 aliphatic rings. The van der Waals surface area contributed by atoms with E-state index in [9.17, 15) is 32.7 Å². The first-order valence-electron chi connectivity index (χ1n) is 16.3. The van der Waals surface area contributed by atoms with Gasteiger partial charge in [-0.2, -0.15) is 13.5 Å². The first kappa shape index (κ1) is 39.7. The van der Waals surface area contributed by atoms with E-state index in [-0.39, 0.29) is 45.4 Å². The molecule has 17 heteroatoms. The summed E-state index contributed by atoms with van der Waals surface area (Å²) >= 11 is 0. The van der Waals surface area contributed by atoms with Crippen molar-refractivity contribution in [1.29, 1.82) is 0 Å². The average Bonchev–Trinajstić information content (AvgIpc) is 3.43. The van der Waals surface area contributed by atoms with E-state index in [1.807, 2.05) is 27.7 Å². The van der Waals surface area contributed by atoms with Crippen molar-refractivity contribution in [3.8, 4) is 16.9 Å². The monoisotopic (exact) mass is 738 g/mol. The van der Waals surface area contributed by atoms with Gasteiger partial charge in [-0.25, -0.2) is 9.48 Å². The number of carbonyl (C=O) groups excluding carboxylic acids is 1. The van der Waals surface area contributed by atoms with Crippen LogP contribution in [0.3, 0.4) is 0 Å². The SMILES string of the molecule is CC(C)(CCCN)OCCOC(C)(C)CCOC(=O)c1ccc(-n2[nH]c(-c3ccc([N+](=O)[O-])cc3)c(N=Nc3ccc(S(=O)(=O)O)cc3)c2=O)cc1. The van der Waals surface area contributed by atoms with Crippen LogP contribution in [0.1, 0.15) is 57.3 Å². The van der Waals surface area contributed by atoms with Crippen LogP contribution in [0.15, 0.2) is 92.7 Å². The topological polar surface area (TPSA) is 231 Å². The number of azo groups is 1. The fourth-order valence-electron chi connectivity index (χ4n) is 4.97. The molecule has 3 aromatic carbocycles. The highest BCUT2D eigenvalue weighted by Crippen LogP contribution is 2.30. The Labute approximate surface area is 300 Å². The molecule has 0 spiro atoms. The minimum atomic E-state index is -4.42. The van der Waals surface area contributed by atoms with Gasteiger partial charge in [0.15, 0.2) is 5.69 Å². The standard InChI is InChI=1S/C35H42N6O10S/c1-34(2,18-5-20-36)50-22-23-51-35(3,4)19-21-49-33(43)25-8-12-27(13-9-25)40-32(42)31(30(39-40)24-6-14-28(15-7-24)41(44)45)38-37-26-10-16-29(17-11-26)52(46,47)48/h6-17,39H,5,18-23,36H2,1-4H3,(H,46,47,48). The van der Waals surface area contributed by atoms with Crippen LogP contribution in [0, 0.1) is 10.1 Å². The molecule has 0 aliphatic carbocycles. The maximum absolute atomic E-state index is 13.6. The number of esters is 1. The first-order valence-corrected chi connectivity index (χ1v) is 17.8. The molecule has 0 unspecified atom stereocenters. The smallest absolute Gasteiger partial charge is 0.338 e. The van der Waals surface area contributed by atoms with Crippen molar-refractivity contribution in [2.75, 3.05) is 26.4 Å². The van der Waals surface area contributed by atoms with E-state index >= 15 is 0 Å². The number of nitro groups is 1. The summed E-state index contributed by atoms with van der Waals surface area (Å²) in [4.78, 5) is 36.7. The van der Waals surface area contributed by atoms with E-state index in [4.69, 9.17) is 19.9 Å². The minimum Gasteiger partial charge on any atom is -0.462 e. The fraction of sp³-hybridized carbons (Fsp3) is 0.371. The molecule has 0 atom stereocenters. The van der Waals surface area contributed by atoms with Crippen LogP contribution in [0.5, 0.6) is 0 Å². The lowest BCUT2D eigenvalue weighted by Crippen LogP contribution is -2.31. The van der Waals surface area contributed by atoms with Crippen molar-refractivity contribution >= 4 is 33.1 Å². The Bertz CT molecular complexity index is 2040. The second-order valence-electron chi connectivity index (χ2n) is 13.0. The van der Waals surface area contributed by atoms with Crippen molar-refractivity contribution in [2.24, 2.45) is 16.0 Å². The molecule has 4 rings (SSSR count). The molecule has 278 valence electrons. The number of carbonyl (C=O) groups is 1. The van der Waals surface area contributed by atoms with Crippen molar-refractivity contribution in [2.45, 2.75) is 63.1 Å². The molecule has 0 amide bonds. The molecule has 0 radical (unpaired) electrons. The van der Waals surface area contributed by atoms with Gasteiger partial charge in [-0.15, -0.1) is 5.11 Å². The predicted octanol–water partition coefficient (Wildman–Crippen LogP) is 6.28. The predicted molar refractivity (Wildman–Crippen MR) is 192 cm³/mol. The summed E-state index contributed by atoms with van der Waals surface area (Å²) < 4.78 is 50.5. The van der Waals surface area contributed by atoms with Crippen molar-refractivity contribution < 1.29 is 36.9 Å². The molecule has 1 heterocycles. The number of hydrogen-bond acceptors (Lipinski definition) is 12. The van der Waals surface area contributed by atoms with E-state index in [1.54, 1.807) is 0 Å². The summed E-state index contributed by atoms with van der Waals surface area (Å²) in [5.74, 6) is -0.563. The number of ether oxygens (including phenoxy) is 3. The van der Waals surface area contributed by atoms with Gasteiger partial charge in [0, 0.05) is 24.1 Å². The summed E-state index contributed by atoms with van der Waals surface area (Å²) in [6.45, 7) is 9.36. The van der Waals surface area contributed by atoms with E-state index in [2.05, 4.69) is 15.3 Å². The number of H-pyrrole nitrogens is 1. The zero-order chi connectivity index (χ0) is 38.1. The molecule has 4 N–H and O–H groups in total. The van der Waals surface area contributed by atoms with Gasteiger partial charge in [0.05, 0.1) is 63.5 Å². The Morgan fingerprint density at radius 1 is 0.904 bits per heavy atom. The molecule has 0 saturated carbocycles. The number of hydrogen-bond donors (Lipinski definition) is 3. The van der Waals surface area contributed by atoms with Gasteiger partial charge in [-0.05, 0) is 108 Å². The van der Waals surface area contributed by atoms with Crippen LogP contribution in [-0.4, -0.2) is 71.2 Å². The third-order valence-corrected chi connectivity index (χ3v) is 8.85. The van der Waals surface area contributed by atoms with Crippen LogP contribution in [0.25, 0.3) is 16.9 Å². The van der Waals surface area contributed by atoms with Gasteiger partial charge in [0.25, 0.3) is 21.4 Å². The summed E-state index contributed by atoms with van der Waals surface area (Å²) in [7, 11) is -4.42. The Hall–Kier alpha value is -5.07. The number of aromatic amines is 1. The van der Waals surface area contributed by atoms with Gasteiger partial charge >= 0.3 is 5.97 Å². The van der Waals surface area contributed by atoms with Gasteiger partial charge in [0.1, 0.15) is 0 Å². The van der Waals surface area contributed by atoms with Crippen LogP contribution < -0.4 is 11.3 Å². The second-order valence-corrected chi connectivity index (χ2v) is 14.4. The summed E-state index contributed by atoms with van der Waals surface area (Å²) in [5, 5.41) is 22.3. The highest BCUT2D eigenvalue weighted by Gasteiger charge is 2.22. The Balaban J connectivity index is 1.46. The second kappa shape index (κ2) is 17.0. The summed E-state index contributed by atoms with van der Waals surface area (Å²) in [6.07, 6.45) is 2.17. The molecule has 0 aliphatic heterocycles.